The van der Waals surface area contributed by atoms with Crippen molar-refractivity contribution < 1.29 is 20.1 Å². The first-order valence-electron chi connectivity index (χ1n) is 4.70. The first kappa shape index (κ1) is 11.1. The molecule has 0 aliphatic carbocycles. The molecule has 0 bridgehead atoms. The number of carbonyl (C=O) groups is 1. The van der Waals surface area contributed by atoms with Crippen LogP contribution in [0.2, 0.25) is 0 Å². The molecule has 0 radical (unpaired) electrons. The number of hydrogen-bond acceptors (Lipinski definition) is 5. The van der Waals surface area contributed by atoms with E-state index in [2.05, 4.69) is 10.3 Å². The van der Waals surface area contributed by atoms with E-state index in [4.69, 9.17) is 10.2 Å². The van der Waals surface area contributed by atoms with Crippen LogP contribution in [0.15, 0.2) is 24.4 Å². The van der Waals surface area contributed by atoms with Crippen molar-refractivity contribution in [2.45, 2.75) is 6.61 Å². The van der Waals surface area contributed by atoms with Crippen LogP contribution >= 0.6 is 0 Å². The smallest absolute Gasteiger partial charge is 0.339 e. The molecule has 0 amide bonds. The minimum absolute atomic E-state index is 0.234. The number of aromatic carboxylic acids is 1. The molecule has 7 nitrogen and oxygen atoms in total. The lowest BCUT2D eigenvalue weighted by Gasteiger charge is -2.06. The Morgan fingerprint density at radius 1 is 1.41 bits per heavy atom. The van der Waals surface area contributed by atoms with E-state index in [0.29, 0.717) is 11.4 Å². The first-order valence-corrected chi connectivity index (χ1v) is 4.70. The number of aliphatic hydroxyl groups is 1. The number of aromatic nitrogens is 3. The summed E-state index contributed by atoms with van der Waals surface area (Å²) in [6.07, 6.45) is 1.37. The Labute approximate surface area is 95.6 Å². The zero-order valence-corrected chi connectivity index (χ0v) is 8.61. The molecule has 0 atom stereocenters. The number of aliphatic hydroxyl groups excluding tert-OH is 1. The maximum atomic E-state index is 10.8. The highest BCUT2D eigenvalue weighted by molar-refractivity contribution is 5.91. The summed E-state index contributed by atoms with van der Waals surface area (Å²) in [6, 6.07) is 3.99. The Kier molecular flexibility index (Phi) is 2.75. The van der Waals surface area contributed by atoms with Gasteiger partial charge in [-0.1, -0.05) is 5.21 Å². The molecule has 0 fully saturated rings. The largest absolute Gasteiger partial charge is 0.507 e. The van der Waals surface area contributed by atoms with Gasteiger partial charge in [0.2, 0.25) is 0 Å². The Hall–Kier alpha value is -2.41. The second kappa shape index (κ2) is 4.22. The number of nitrogens with zero attached hydrogens (tertiary/aromatic N) is 3. The summed E-state index contributed by atoms with van der Waals surface area (Å²) < 4.78 is 1.30. The van der Waals surface area contributed by atoms with E-state index in [1.54, 1.807) is 0 Å². The average Bonchev–Trinajstić information content (AvgIpc) is 2.77. The third-order valence-corrected chi connectivity index (χ3v) is 2.24. The zero-order valence-electron chi connectivity index (χ0n) is 8.61. The standard InChI is InChI=1S/C10H9N3O4/c14-5-7-4-11-12-13(7)6-1-2-9(15)8(3-6)10(16)17/h1-4,14-15H,5H2,(H,16,17). The van der Waals surface area contributed by atoms with Crippen LogP contribution in [0.5, 0.6) is 5.75 Å². The molecule has 88 valence electrons. The van der Waals surface area contributed by atoms with Gasteiger partial charge in [0.05, 0.1) is 24.2 Å². The summed E-state index contributed by atoms with van der Waals surface area (Å²) in [5.41, 5.74) is 0.593. The van der Waals surface area contributed by atoms with Crippen molar-refractivity contribution in [3.05, 3.63) is 35.7 Å². The lowest BCUT2D eigenvalue weighted by Crippen LogP contribution is -2.05. The zero-order chi connectivity index (χ0) is 12.4. The van der Waals surface area contributed by atoms with Crippen molar-refractivity contribution in [1.29, 1.82) is 0 Å². The molecule has 1 aromatic carbocycles. The van der Waals surface area contributed by atoms with Crippen LogP contribution in [0, 0.1) is 0 Å². The quantitative estimate of drug-likeness (QED) is 0.699. The van der Waals surface area contributed by atoms with Crippen molar-refractivity contribution >= 4 is 5.97 Å². The van der Waals surface area contributed by atoms with E-state index in [0.717, 1.165) is 0 Å². The molecule has 1 heterocycles. The lowest BCUT2D eigenvalue weighted by atomic mass is 10.2. The van der Waals surface area contributed by atoms with Gasteiger partial charge in [-0.05, 0) is 18.2 Å². The number of aromatic hydroxyl groups is 1. The summed E-state index contributed by atoms with van der Waals surface area (Å²) >= 11 is 0. The van der Waals surface area contributed by atoms with E-state index in [-0.39, 0.29) is 17.9 Å². The summed E-state index contributed by atoms with van der Waals surface area (Å²) in [6.45, 7) is -0.268. The van der Waals surface area contributed by atoms with Gasteiger partial charge in [0.1, 0.15) is 11.3 Å². The van der Waals surface area contributed by atoms with Crippen LogP contribution in [-0.2, 0) is 6.61 Å². The second-order valence-corrected chi connectivity index (χ2v) is 3.30. The molecule has 3 N–H and O–H groups in total. The fourth-order valence-electron chi connectivity index (χ4n) is 1.41. The van der Waals surface area contributed by atoms with Gasteiger partial charge in [-0.2, -0.15) is 0 Å². The average molecular weight is 235 g/mol. The first-order chi connectivity index (χ1) is 8.13. The molecule has 0 unspecified atom stereocenters. The third kappa shape index (κ3) is 1.95. The lowest BCUT2D eigenvalue weighted by molar-refractivity contribution is 0.0693. The van der Waals surface area contributed by atoms with Crippen LogP contribution < -0.4 is 0 Å². The minimum atomic E-state index is -1.24. The van der Waals surface area contributed by atoms with Crippen LogP contribution in [-0.4, -0.2) is 36.3 Å². The number of carboxylic acids is 1. The molecule has 0 saturated carbocycles. The van der Waals surface area contributed by atoms with E-state index in [9.17, 15) is 9.90 Å². The molecule has 0 saturated heterocycles. The molecule has 0 aliphatic rings. The number of rotatable bonds is 3. The highest BCUT2D eigenvalue weighted by Gasteiger charge is 2.12. The second-order valence-electron chi connectivity index (χ2n) is 3.30. The fourth-order valence-corrected chi connectivity index (χ4v) is 1.41. The van der Waals surface area contributed by atoms with Crippen molar-refractivity contribution in [2.75, 3.05) is 0 Å². The van der Waals surface area contributed by atoms with E-state index in [1.807, 2.05) is 0 Å². The summed E-state index contributed by atoms with van der Waals surface area (Å²) in [4.78, 5) is 10.8. The van der Waals surface area contributed by atoms with Crippen LogP contribution in [0.4, 0.5) is 0 Å². The minimum Gasteiger partial charge on any atom is -0.507 e. The van der Waals surface area contributed by atoms with Crippen molar-refractivity contribution in [3.63, 3.8) is 0 Å². The van der Waals surface area contributed by atoms with Crippen molar-refractivity contribution in [3.8, 4) is 11.4 Å². The topological polar surface area (TPSA) is 108 Å². The highest BCUT2D eigenvalue weighted by atomic mass is 16.4. The maximum absolute atomic E-state index is 10.8. The molecular weight excluding hydrogens is 226 g/mol. The van der Waals surface area contributed by atoms with Crippen molar-refractivity contribution in [2.24, 2.45) is 0 Å². The van der Waals surface area contributed by atoms with Crippen LogP contribution in [0.3, 0.4) is 0 Å². The SMILES string of the molecule is O=C(O)c1cc(-n2nncc2CO)ccc1O. The Bertz CT molecular complexity index is 564. The van der Waals surface area contributed by atoms with Crippen LogP contribution in [0.1, 0.15) is 16.1 Å². The summed E-state index contributed by atoms with van der Waals surface area (Å²) in [7, 11) is 0. The van der Waals surface area contributed by atoms with E-state index < -0.39 is 5.97 Å². The molecule has 7 heteroatoms. The van der Waals surface area contributed by atoms with Gasteiger partial charge in [-0.3, -0.25) is 0 Å². The number of carboxylic acid groups (broad SMARTS) is 1. The monoisotopic (exact) mass is 235 g/mol. The van der Waals surface area contributed by atoms with Crippen molar-refractivity contribution in [1.82, 2.24) is 15.0 Å². The van der Waals surface area contributed by atoms with Gasteiger partial charge in [-0.25, -0.2) is 9.48 Å². The van der Waals surface area contributed by atoms with Gasteiger partial charge in [0.25, 0.3) is 0 Å². The van der Waals surface area contributed by atoms with Gasteiger partial charge in [0, 0.05) is 0 Å². The molecule has 2 aromatic rings. The molecule has 17 heavy (non-hydrogen) atoms. The Balaban J connectivity index is 2.54. The molecule has 2 rings (SSSR count). The molecular formula is C10H9N3O4. The predicted molar refractivity (Wildman–Crippen MR) is 55.9 cm³/mol. The maximum Gasteiger partial charge on any atom is 0.339 e. The highest BCUT2D eigenvalue weighted by Crippen LogP contribution is 2.21. The van der Waals surface area contributed by atoms with Gasteiger partial charge in [0.15, 0.2) is 0 Å². The van der Waals surface area contributed by atoms with Gasteiger partial charge in [-0.15, -0.1) is 5.10 Å². The van der Waals surface area contributed by atoms with Crippen LogP contribution in [0.25, 0.3) is 5.69 Å². The number of hydrogen-bond donors (Lipinski definition) is 3. The van der Waals surface area contributed by atoms with E-state index in [1.165, 1.54) is 29.1 Å². The number of phenols is 1. The Morgan fingerprint density at radius 2 is 2.18 bits per heavy atom. The fraction of sp³-hybridized carbons (Fsp3) is 0.100. The normalized spacial score (nSPS) is 10.4. The summed E-state index contributed by atoms with van der Waals surface area (Å²) in [5, 5.41) is 34.6. The molecule has 1 aromatic heterocycles. The van der Waals surface area contributed by atoms with Gasteiger partial charge >= 0.3 is 5.97 Å². The predicted octanol–water partition coefficient (Wildman–Crippen LogP) is 0.163. The molecule has 0 aliphatic heterocycles. The Morgan fingerprint density at radius 3 is 2.82 bits per heavy atom. The number of benzene rings is 1. The third-order valence-electron chi connectivity index (χ3n) is 2.24. The van der Waals surface area contributed by atoms with Gasteiger partial charge < -0.3 is 15.3 Å². The summed E-state index contributed by atoms with van der Waals surface area (Å²) in [5.74, 6) is -1.57. The molecule has 0 spiro atoms. The van der Waals surface area contributed by atoms with E-state index >= 15 is 0 Å².